The highest BCUT2D eigenvalue weighted by Crippen LogP contribution is 2.45. The van der Waals surface area contributed by atoms with E-state index in [0.717, 1.165) is 23.9 Å². The summed E-state index contributed by atoms with van der Waals surface area (Å²) in [5.41, 5.74) is 0.240. The first-order valence-corrected chi connectivity index (χ1v) is 8.92. The molecule has 1 aromatic rings. The van der Waals surface area contributed by atoms with Crippen molar-refractivity contribution in [1.29, 1.82) is 0 Å². The SMILES string of the molecule is CCC(C)(C)NCCSc1nnc(C2CC2)n1C1CC1. The summed E-state index contributed by atoms with van der Waals surface area (Å²) >= 11 is 1.86. The standard InChI is InChI=1S/C15H26N4S/c1-4-15(2,3)16-9-10-20-14-18-17-13(11-5-6-11)19(14)12-7-8-12/h11-12,16H,4-10H2,1-3H3. The minimum Gasteiger partial charge on any atom is -0.311 e. The van der Waals surface area contributed by atoms with Crippen LogP contribution in [0.4, 0.5) is 0 Å². The lowest BCUT2D eigenvalue weighted by molar-refractivity contribution is 0.388. The molecule has 0 radical (unpaired) electrons. The van der Waals surface area contributed by atoms with Gasteiger partial charge in [-0.15, -0.1) is 10.2 Å². The van der Waals surface area contributed by atoms with Crippen LogP contribution in [-0.2, 0) is 0 Å². The Morgan fingerprint density at radius 2 is 2.00 bits per heavy atom. The fraction of sp³-hybridized carbons (Fsp3) is 0.867. The minimum absolute atomic E-state index is 0.240. The highest BCUT2D eigenvalue weighted by Gasteiger charge is 2.36. The number of aromatic nitrogens is 3. The van der Waals surface area contributed by atoms with Crippen LogP contribution in [0.2, 0.25) is 0 Å². The Bertz CT molecular complexity index is 460. The molecule has 112 valence electrons. The van der Waals surface area contributed by atoms with Crippen LogP contribution in [0.1, 0.15) is 70.7 Å². The number of thioether (sulfide) groups is 1. The third kappa shape index (κ3) is 3.37. The van der Waals surface area contributed by atoms with Crippen molar-refractivity contribution in [3.8, 4) is 0 Å². The van der Waals surface area contributed by atoms with Gasteiger partial charge in [0.2, 0.25) is 0 Å². The first kappa shape index (κ1) is 14.4. The summed E-state index contributed by atoms with van der Waals surface area (Å²) in [4.78, 5) is 0. The number of nitrogens with zero attached hydrogens (tertiary/aromatic N) is 3. The van der Waals surface area contributed by atoms with Gasteiger partial charge in [0, 0.05) is 29.8 Å². The molecule has 0 aliphatic heterocycles. The van der Waals surface area contributed by atoms with E-state index in [1.54, 1.807) is 0 Å². The van der Waals surface area contributed by atoms with E-state index in [9.17, 15) is 0 Å². The lowest BCUT2D eigenvalue weighted by Crippen LogP contribution is -2.39. The zero-order chi connectivity index (χ0) is 14.2. The van der Waals surface area contributed by atoms with Crippen molar-refractivity contribution in [2.75, 3.05) is 12.3 Å². The van der Waals surface area contributed by atoms with Crippen molar-refractivity contribution < 1.29 is 0 Å². The van der Waals surface area contributed by atoms with Gasteiger partial charge in [0.25, 0.3) is 0 Å². The molecule has 5 heteroatoms. The van der Waals surface area contributed by atoms with E-state index in [2.05, 4.69) is 40.9 Å². The third-order valence-corrected chi connectivity index (χ3v) is 5.31. The Morgan fingerprint density at radius 1 is 1.25 bits per heavy atom. The van der Waals surface area contributed by atoms with E-state index in [4.69, 9.17) is 0 Å². The van der Waals surface area contributed by atoms with Gasteiger partial charge in [-0.3, -0.25) is 0 Å². The Kier molecular flexibility index (Phi) is 4.09. The number of rotatable bonds is 8. The molecule has 2 aliphatic carbocycles. The second-order valence-corrected chi connectivity index (χ2v) is 7.79. The predicted octanol–water partition coefficient (Wildman–Crippen LogP) is 3.36. The van der Waals surface area contributed by atoms with E-state index < -0.39 is 0 Å². The lowest BCUT2D eigenvalue weighted by Gasteiger charge is -2.24. The van der Waals surface area contributed by atoms with Crippen molar-refractivity contribution in [2.24, 2.45) is 0 Å². The van der Waals surface area contributed by atoms with Gasteiger partial charge >= 0.3 is 0 Å². The second kappa shape index (κ2) is 5.68. The summed E-state index contributed by atoms with van der Waals surface area (Å²) in [5, 5.41) is 13.6. The Labute approximate surface area is 126 Å². The van der Waals surface area contributed by atoms with E-state index in [-0.39, 0.29) is 5.54 Å². The van der Waals surface area contributed by atoms with E-state index in [0.29, 0.717) is 12.0 Å². The molecule has 0 spiro atoms. The Hall–Kier alpha value is -0.550. The molecule has 2 saturated carbocycles. The molecule has 1 aromatic heterocycles. The van der Waals surface area contributed by atoms with Gasteiger partial charge in [-0.05, 0) is 46.0 Å². The molecule has 0 bridgehead atoms. The molecule has 3 rings (SSSR count). The zero-order valence-corrected chi connectivity index (χ0v) is 13.7. The molecule has 1 heterocycles. The van der Waals surface area contributed by atoms with Crippen LogP contribution in [0.3, 0.4) is 0 Å². The fourth-order valence-electron chi connectivity index (χ4n) is 2.34. The maximum absolute atomic E-state index is 4.45. The highest BCUT2D eigenvalue weighted by molar-refractivity contribution is 7.99. The van der Waals surface area contributed by atoms with Crippen molar-refractivity contribution in [3.63, 3.8) is 0 Å². The minimum atomic E-state index is 0.240. The summed E-state index contributed by atoms with van der Waals surface area (Å²) in [6.07, 6.45) is 6.39. The molecule has 4 nitrogen and oxygen atoms in total. The van der Waals surface area contributed by atoms with E-state index in [1.165, 1.54) is 31.5 Å². The molecular weight excluding hydrogens is 268 g/mol. The molecule has 0 saturated heterocycles. The number of hydrogen-bond acceptors (Lipinski definition) is 4. The third-order valence-electron chi connectivity index (χ3n) is 4.37. The van der Waals surface area contributed by atoms with E-state index >= 15 is 0 Å². The van der Waals surface area contributed by atoms with E-state index in [1.807, 2.05) is 11.8 Å². The summed E-state index contributed by atoms with van der Waals surface area (Å²) in [6.45, 7) is 7.78. The summed E-state index contributed by atoms with van der Waals surface area (Å²) in [6, 6.07) is 0.697. The fourth-order valence-corrected chi connectivity index (χ4v) is 3.21. The van der Waals surface area contributed by atoms with Crippen molar-refractivity contribution in [1.82, 2.24) is 20.1 Å². The van der Waals surface area contributed by atoms with Gasteiger partial charge in [0.15, 0.2) is 5.16 Å². The van der Waals surface area contributed by atoms with Gasteiger partial charge < -0.3 is 9.88 Å². The van der Waals surface area contributed by atoms with Crippen LogP contribution in [0.15, 0.2) is 5.16 Å². The first-order chi connectivity index (χ1) is 9.61. The molecular formula is C15H26N4S. The zero-order valence-electron chi connectivity index (χ0n) is 12.9. The molecule has 2 aliphatic rings. The van der Waals surface area contributed by atoms with Gasteiger partial charge in [-0.2, -0.15) is 0 Å². The molecule has 1 N–H and O–H groups in total. The largest absolute Gasteiger partial charge is 0.311 e. The van der Waals surface area contributed by atoms with Crippen LogP contribution >= 0.6 is 11.8 Å². The average molecular weight is 294 g/mol. The van der Waals surface area contributed by atoms with Crippen molar-refractivity contribution in [2.45, 2.75) is 75.5 Å². The Balaban J connectivity index is 1.55. The van der Waals surface area contributed by atoms with Gasteiger partial charge in [-0.25, -0.2) is 0 Å². The van der Waals surface area contributed by atoms with Crippen molar-refractivity contribution >= 4 is 11.8 Å². The summed E-state index contributed by atoms with van der Waals surface area (Å²) < 4.78 is 2.44. The maximum atomic E-state index is 4.45. The second-order valence-electron chi connectivity index (χ2n) is 6.73. The smallest absolute Gasteiger partial charge is 0.191 e. The molecule has 0 atom stereocenters. The number of hydrogen-bond donors (Lipinski definition) is 1. The topological polar surface area (TPSA) is 42.7 Å². The summed E-state index contributed by atoms with van der Waals surface area (Å²) in [5.74, 6) is 3.03. The van der Waals surface area contributed by atoms with Crippen LogP contribution in [-0.4, -0.2) is 32.6 Å². The van der Waals surface area contributed by atoms with Crippen LogP contribution in [0, 0.1) is 0 Å². The van der Waals surface area contributed by atoms with Crippen molar-refractivity contribution in [3.05, 3.63) is 5.82 Å². The van der Waals surface area contributed by atoms with Crippen LogP contribution in [0.25, 0.3) is 0 Å². The Morgan fingerprint density at radius 3 is 2.60 bits per heavy atom. The monoisotopic (exact) mass is 294 g/mol. The quantitative estimate of drug-likeness (QED) is 0.590. The average Bonchev–Trinajstić information content (AvgIpc) is 3.33. The normalized spacial score (nSPS) is 19.6. The maximum Gasteiger partial charge on any atom is 0.191 e. The van der Waals surface area contributed by atoms with Crippen LogP contribution < -0.4 is 5.32 Å². The molecule has 0 unspecified atom stereocenters. The molecule has 0 amide bonds. The predicted molar refractivity (Wildman–Crippen MR) is 83.4 cm³/mol. The molecule has 2 fully saturated rings. The number of nitrogens with one attached hydrogen (secondary N) is 1. The van der Waals surface area contributed by atoms with Gasteiger partial charge in [0.05, 0.1) is 0 Å². The summed E-state index contributed by atoms with van der Waals surface area (Å²) in [7, 11) is 0. The van der Waals surface area contributed by atoms with Gasteiger partial charge in [0.1, 0.15) is 5.82 Å². The van der Waals surface area contributed by atoms with Gasteiger partial charge in [-0.1, -0.05) is 18.7 Å². The highest BCUT2D eigenvalue weighted by atomic mass is 32.2. The molecule has 0 aromatic carbocycles. The lowest BCUT2D eigenvalue weighted by atomic mass is 10.0. The first-order valence-electron chi connectivity index (χ1n) is 7.93. The van der Waals surface area contributed by atoms with Crippen LogP contribution in [0.5, 0.6) is 0 Å². The molecule has 20 heavy (non-hydrogen) atoms.